The van der Waals surface area contributed by atoms with Crippen molar-refractivity contribution in [2.45, 2.75) is 6.54 Å². The van der Waals surface area contributed by atoms with Crippen molar-refractivity contribution in [3.63, 3.8) is 0 Å². The molecule has 1 aromatic carbocycles. The SMILES string of the molecule is CNCCOc1cnc(C(=O)Nc2cccc(CNc3cccnc3N)c2)cn1. The van der Waals surface area contributed by atoms with Gasteiger partial charge in [-0.1, -0.05) is 12.1 Å². The highest BCUT2D eigenvalue weighted by Gasteiger charge is 2.09. The summed E-state index contributed by atoms with van der Waals surface area (Å²) < 4.78 is 5.40. The fourth-order valence-electron chi connectivity index (χ4n) is 2.48. The number of hydrogen-bond donors (Lipinski definition) is 4. The Morgan fingerprint density at radius 2 is 2.03 bits per heavy atom. The molecule has 1 amide bonds. The van der Waals surface area contributed by atoms with Crippen molar-refractivity contribution < 1.29 is 9.53 Å². The number of pyridine rings is 1. The van der Waals surface area contributed by atoms with E-state index in [2.05, 4.69) is 30.9 Å². The molecule has 0 bridgehead atoms. The summed E-state index contributed by atoms with van der Waals surface area (Å²) >= 11 is 0. The number of nitrogens with two attached hydrogens (primary N) is 1. The predicted molar refractivity (Wildman–Crippen MR) is 112 cm³/mol. The number of likely N-dealkylation sites (N-methyl/N-ethyl adjacent to an activating group) is 1. The summed E-state index contributed by atoms with van der Waals surface area (Å²) in [5.74, 6) is 0.467. The van der Waals surface area contributed by atoms with Crippen LogP contribution in [-0.4, -0.2) is 41.1 Å². The number of aromatic nitrogens is 3. The highest BCUT2D eigenvalue weighted by molar-refractivity contribution is 6.02. The summed E-state index contributed by atoms with van der Waals surface area (Å²) in [6.45, 7) is 1.71. The lowest BCUT2D eigenvalue weighted by Gasteiger charge is -2.10. The summed E-state index contributed by atoms with van der Waals surface area (Å²) in [5.41, 5.74) is 8.43. The molecule has 0 aliphatic rings. The maximum Gasteiger partial charge on any atom is 0.275 e. The van der Waals surface area contributed by atoms with E-state index in [-0.39, 0.29) is 11.6 Å². The number of rotatable bonds is 9. The van der Waals surface area contributed by atoms with Crippen LogP contribution in [0.5, 0.6) is 5.88 Å². The van der Waals surface area contributed by atoms with Crippen LogP contribution in [0.2, 0.25) is 0 Å². The zero-order valence-corrected chi connectivity index (χ0v) is 16.1. The minimum atomic E-state index is -0.346. The number of carbonyl (C=O) groups excluding carboxylic acids is 1. The van der Waals surface area contributed by atoms with Crippen molar-refractivity contribution in [2.24, 2.45) is 0 Å². The Kier molecular flexibility index (Phi) is 6.90. The molecule has 9 heteroatoms. The third kappa shape index (κ3) is 5.88. The van der Waals surface area contributed by atoms with Gasteiger partial charge in [0.15, 0.2) is 0 Å². The van der Waals surface area contributed by atoms with E-state index in [1.807, 2.05) is 43.4 Å². The number of benzene rings is 1. The molecule has 0 saturated heterocycles. The molecule has 2 aromatic heterocycles. The van der Waals surface area contributed by atoms with Crippen molar-refractivity contribution in [2.75, 3.05) is 36.6 Å². The minimum absolute atomic E-state index is 0.206. The zero-order valence-electron chi connectivity index (χ0n) is 16.1. The third-order valence-electron chi connectivity index (χ3n) is 3.97. The van der Waals surface area contributed by atoms with Crippen molar-refractivity contribution in [1.29, 1.82) is 0 Å². The Morgan fingerprint density at radius 3 is 2.79 bits per heavy atom. The monoisotopic (exact) mass is 393 g/mol. The molecule has 0 spiro atoms. The van der Waals surface area contributed by atoms with Crippen molar-refractivity contribution >= 4 is 23.1 Å². The molecule has 0 aliphatic heterocycles. The van der Waals surface area contributed by atoms with Gasteiger partial charge in [-0.2, -0.15) is 0 Å². The Labute approximate surface area is 168 Å². The second kappa shape index (κ2) is 10.00. The standard InChI is InChI=1S/C20H23N7O2/c1-22-8-9-29-18-13-25-17(12-26-18)20(28)27-15-5-2-4-14(10-15)11-24-16-6-3-7-23-19(16)21/h2-7,10,12-13,22,24H,8-9,11H2,1H3,(H2,21,23)(H,27,28). The molecule has 3 aromatic rings. The Bertz CT molecular complexity index is 948. The number of hydrogen-bond acceptors (Lipinski definition) is 8. The summed E-state index contributed by atoms with van der Waals surface area (Å²) in [6.07, 6.45) is 4.46. The van der Waals surface area contributed by atoms with Crippen LogP contribution in [0.4, 0.5) is 17.2 Å². The van der Waals surface area contributed by atoms with Gasteiger partial charge in [0.1, 0.15) is 18.1 Å². The maximum absolute atomic E-state index is 12.4. The van der Waals surface area contributed by atoms with Gasteiger partial charge in [-0.05, 0) is 36.9 Å². The van der Waals surface area contributed by atoms with Gasteiger partial charge in [0.25, 0.3) is 5.91 Å². The van der Waals surface area contributed by atoms with E-state index < -0.39 is 0 Å². The van der Waals surface area contributed by atoms with Gasteiger partial charge in [0.05, 0.1) is 18.1 Å². The van der Waals surface area contributed by atoms with Crippen molar-refractivity contribution in [3.8, 4) is 5.88 Å². The average molecular weight is 393 g/mol. The summed E-state index contributed by atoms with van der Waals surface area (Å²) in [6, 6.07) is 11.2. The maximum atomic E-state index is 12.4. The van der Waals surface area contributed by atoms with Crippen LogP contribution >= 0.6 is 0 Å². The lowest BCUT2D eigenvalue weighted by molar-refractivity contribution is 0.102. The smallest absolute Gasteiger partial charge is 0.275 e. The number of nitrogens with one attached hydrogen (secondary N) is 3. The number of ether oxygens (including phenoxy) is 1. The van der Waals surface area contributed by atoms with Crippen LogP contribution in [0.3, 0.4) is 0 Å². The molecule has 2 heterocycles. The molecule has 150 valence electrons. The topological polar surface area (TPSA) is 127 Å². The summed E-state index contributed by atoms with van der Waals surface area (Å²) in [7, 11) is 1.84. The van der Waals surface area contributed by atoms with E-state index in [9.17, 15) is 4.79 Å². The molecule has 0 saturated carbocycles. The third-order valence-corrected chi connectivity index (χ3v) is 3.97. The van der Waals surface area contributed by atoms with Crippen LogP contribution in [-0.2, 0) is 6.54 Å². The van der Waals surface area contributed by atoms with E-state index in [0.29, 0.717) is 37.1 Å². The lowest BCUT2D eigenvalue weighted by Crippen LogP contribution is -2.17. The number of amides is 1. The molecule has 0 radical (unpaired) electrons. The van der Waals surface area contributed by atoms with Crippen molar-refractivity contribution in [1.82, 2.24) is 20.3 Å². The fourth-order valence-corrected chi connectivity index (χ4v) is 2.48. The van der Waals surface area contributed by atoms with Crippen LogP contribution in [0.15, 0.2) is 55.0 Å². The van der Waals surface area contributed by atoms with Gasteiger partial charge in [0, 0.05) is 25.0 Å². The first-order valence-corrected chi connectivity index (χ1v) is 9.10. The average Bonchev–Trinajstić information content (AvgIpc) is 2.74. The van der Waals surface area contributed by atoms with Crippen LogP contribution in [0, 0.1) is 0 Å². The summed E-state index contributed by atoms with van der Waals surface area (Å²) in [5, 5.41) is 9.02. The van der Waals surface area contributed by atoms with Crippen LogP contribution in [0.25, 0.3) is 0 Å². The minimum Gasteiger partial charge on any atom is -0.475 e. The van der Waals surface area contributed by atoms with E-state index in [4.69, 9.17) is 10.5 Å². The first kappa shape index (κ1) is 20.0. The normalized spacial score (nSPS) is 10.4. The Hall–Kier alpha value is -3.72. The van der Waals surface area contributed by atoms with E-state index in [1.54, 1.807) is 6.20 Å². The predicted octanol–water partition coefficient (Wildman–Crippen LogP) is 1.92. The molecular weight excluding hydrogens is 370 g/mol. The van der Waals surface area contributed by atoms with Gasteiger partial charge in [-0.25, -0.2) is 15.0 Å². The fraction of sp³-hybridized carbons (Fsp3) is 0.200. The number of nitrogens with zero attached hydrogens (tertiary/aromatic N) is 3. The molecule has 9 nitrogen and oxygen atoms in total. The van der Waals surface area contributed by atoms with Gasteiger partial charge in [-0.3, -0.25) is 4.79 Å². The molecule has 29 heavy (non-hydrogen) atoms. The van der Waals surface area contributed by atoms with Crippen molar-refractivity contribution in [3.05, 3.63) is 66.2 Å². The lowest BCUT2D eigenvalue weighted by atomic mass is 10.2. The molecule has 0 aliphatic carbocycles. The van der Waals surface area contributed by atoms with E-state index >= 15 is 0 Å². The van der Waals surface area contributed by atoms with Gasteiger partial charge < -0.3 is 26.4 Å². The van der Waals surface area contributed by atoms with Gasteiger partial charge in [0.2, 0.25) is 5.88 Å². The molecule has 3 rings (SSSR count). The van der Waals surface area contributed by atoms with Gasteiger partial charge in [-0.15, -0.1) is 0 Å². The summed E-state index contributed by atoms with van der Waals surface area (Å²) in [4.78, 5) is 24.7. The van der Waals surface area contributed by atoms with Gasteiger partial charge >= 0.3 is 0 Å². The number of anilines is 3. The Balaban J connectivity index is 1.58. The zero-order chi connectivity index (χ0) is 20.5. The van der Waals surface area contributed by atoms with E-state index in [1.165, 1.54) is 12.4 Å². The van der Waals surface area contributed by atoms with Crippen LogP contribution < -0.4 is 26.4 Å². The first-order valence-electron chi connectivity index (χ1n) is 9.10. The molecular formula is C20H23N7O2. The molecule has 0 unspecified atom stereocenters. The molecule has 0 atom stereocenters. The van der Waals surface area contributed by atoms with E-state index in [0.717, 1.165) is 11.3 Å². The highest BCUT2D eigenvalue weighted by atomic mass is 16.5. The first-order chi connectivity index (χ1) is 14.2. The highest BCUT2D eigenvalue weighted by Crippen LogP contribution is 2.17. The largest absolute Gasteiger partial charge is 0.475 e. The number of nitrogen functional groups attached to an aromatic ring is 1. The quantitative estimate of drug-likeness (QED) is 0.406. The number of carbonyl (C=O) groups is 1. The van der Waals surface area contributed by atoms with Crippen LogP contribution in [0.1, 0.15) is 16.1 Å². The molecule has 0 fully saturated rings. The second-order valence-corrected chi connectivity index (χ2v) is 6.14. The Morgan fingerprint density at radius 1 is 1.14 bits per heavy atom. The molecule has 5 N–H and O–H groups in total. The second-order valence-electron chi connectivity index (χ2n) is 6.14.